The van der Waals surface area contributed by atoms with Crippen molar-refractivity contribution in [1.29, 1.82) is 0 Å². The Labute approximate surface area is 164 Å². The Morgan fingerprint density at radius 2 is 1.93 bits per heavy atom. The molecule has 0 aromatic heterocycles. The summed E-state index contributed by atoms with van der Waals surface area (Å²) in [7, 11) is 1.69. The van der Waals surface area contributed by atoms with Crippen LogP contribution in [0.15, 0.2) is 18.2 Å². The molecule has 28 heavy (non-hydrogen) atoms. The number of nitrogens with one attached hydrogen (secondary N) is 1. The minimum Gasteiger partial charge on any atom is -0.496 e. The van der Waals surface area contributed by atoms with Crippen LogP contribution in [0.4, 0.5) is 0 Å². The lowest BCUT2D eigenvalue weighted by atomic mass is 10.00. The number of carboxylic acid groups (broad SMARTS) is 2. The van der Waals surface area contributed by atoms with Gasteiger partial charge in [0.05, 0.1) is 7.11 Å². The van der Waals surface area contributed by atoms with Gasteiger partial charge in [-0.1, -0.05) is 13.0 Å². The minimum atomic E-state index is -1.82. The second kappa shape index (κ2) is 11.8. The molecule has 1 aromatic rings. The molecular weight excluding hydrogens is 368 g/mol. The van der Waals surface area contributed by atoms with Crippen LogP contribution < -0.4 is 14.8 Å². The van der Waals surface area contributed by atoms with Crippen LogP contribution in [0.1, 0.15) is 25.8 Å². The van der Waals surface area contributed by atoms with E-state index >= 15 is 0 Å². The van der Waals surface area contributed by atoms with Crippen LogP contribution in [0, 0.1) is 0 Å². The largest absolute Gasteiger partial charge is 0.496 e. The van der Waals surface area contributed by atoms with Crippen LogP contribution >= 0.6 is 0 Å². The highest BCUT2D eigenvalue weighted by Gasteiger charge is 2.27. The summed E-state index contributed by atoms with van der Waals surface area (Å²) < 4.78 is 11.4. The molecule has 1 heterocycles. The van der Waals surface area contributed by atoms with Gasteiger partial charge in [-0.2, -0.15) is 0 Å². The van der Waals surface area contributed by atoms with E-state index in [1.165, 1.54) is 0 Å². The van der Waals surface area contributed by atoms with Crippen molar-refractivity contribution in [2.45, 2.75) is 32.7 Å². The van der Waals surface area contributed by atoms with Gasteiger partial charge in [-0.05, 0) is 31.5 Å². The van der Waals surface area contributed by atoms with Crippen LogP contribution in [0.25, 0.3) is 0 Å². The van der Waals surface area contributed by atoms with Crippen molar-refractivity contribution < 1.29 is 34.1 Å². The average molecular weight is 396 g/mol. The van der Waals surface area contributed by atoms with Crippen molar-refractivity contribution in [3.8, 4) is 11.5 Å². The first-order valence-electron chi connectivity index (χ1n) is 9.03. The highest BCUT2D eigenvalue weighted by Crippen LogP contribution is 2.33. The number of aliphatic carboxylic acids is 2. The Kier molecular flexibility index (Phi) is 9.80. The number of carbonyl (C=O) groups is 3. The maximum Gasteiger partial charge on any atom is 0.414 e. The van der Waals surface area contributed by atoms with E-state index in [9.17, 15) is 4.79 Å². The van der Waals surface area contributed by atoms with E-state index in [1.54, 1.807) is 14.0 Å². The third-order valence-corrected chi connectivity index (χ3v) is 4.16. The molecule has 0 aliphatic carbocycles. The maximum atomic E-state index is 11.0. The number of benzene rings is 1. The van der Waals surface area contributed by atoms with E-state index in [4.69, 9.17) is 29.3 Å². The molecule has 1 unspecified atom stereocenters. The van der Waals surface area contributed by atoms with Gasteiger partial charge in [0.2, 0.25) is 5.91 Å². The van der Waals surface area contributed by atoms with Gasteiger partial charge in [-0.25, -0.2) is 9.59 Å². The average Bonchev–Trinajstić information content (AvgIpc) is 2.66. The fraction of sp³-hybridized carbons (Fsp3) is 0.526. The van der Waals surface area contributed by atoms with Crippen molar-refractivity contribution in [2.75, 3.05) is 33.4 Å². The van der Waals surface area contributed by atoms with Crippen molar-refractivity contribution >= 4 is 17.8 Å². The number of carbonyl (C=O) groups excluding carboxylic acids is 1. The number of nitrogens with zero attached hydrogens (tertiary/aromatic N) is 1. The quantitative estimate of drug-likeness (QED) is 0.583. The monoisotopic (exact) mass is 396 g/mol. The predicted octanol–water partition coefficient (Wildman–Crippen LogP) is 1.00. The van der Waals surface area contributed by atoms with Crippen LogP contribution in [-0.4, -0.2) is 72.4 Å². The highest BCUT2D eigenvalue weighted by molar-refractivity contribution is 6.27. The van der Waals surface area contributed by atoms with E-state index in [2.05, 4.69) is 17.1 Å². The molecule has 3 N–H and O–H groups in total. The van der Waals surface area contributed by atoms with E-state index in [0.29, 0.717) is 19.2 Å². The van der Waals surface area contributed by atoms with Gasteiger partial charge >= 0.3 is 11.9 Å². The summed E-state index contributed by atoms with van der Waals surface area (Å²) in [5, 5.41) is 17.7. The lowest BCUT2D eigenvalue weighted by Gasteiger charge is -2.35. The topological polar surface area (TPSA) is 125 Å². The molecule has 0 fully saturated rings. The second-order valence-electron chi connectivity index (χ2n) is 6.24. The molecule has 1 aliphatic rings. The molecule has 0 saturated carbocycles. The van der Waals surface area contributed by atoms with Gasteiger partial charge in [-0.3, -0.25) is 9.69 Å². The zero-order chi connectivity index (χ0) is 21.1. The number of methoxy groups -OCH3 is 1. The number of hydrogen-bond acceptors (Lipinski definition) is 6. The summed E-state index contributed by atoms with van der Waals surface area (Å²) >= 11 is 0. The second-order valence-corrected chi connectivity index (χ2v) is 6.24. The van der Waals surface area contributed by atoms with Gasteiger partial charge in [-0.15, -0.1) is 0 Å². The summed E-state index contributed by atoms with van der Waals surface area (Å²) in [5.41, 5.74) is 1.14. The van der Waals surface area contributed by atoms with Crippen LogP contribution in [0.2, 0.25) is 0 Å². The maximum absolute atomic E-state index is 11.0. The van der Waals surface area contributed by atoms with Crippen molar-refractivity contribution in [2.24, 2.45) is 0 Å². The molecule has 9 nitrogen and oxygen atoms in total. The Morgan fingerprint density at radius 1 is 1.25 bits per heavy atom. The lowest BCUT2D eigenvalue weighted by Crippen LogP contribution is -2.46. The molecule has 0 radical (unpaired) electrons. The number of rotatable bonds is 7. The molecule has 1 aromatic carbocycles. The minimum absolute atomic E-state index is 0.0170. The summed E-state index contributed by atoms with van der Waals surface area (Å²) in [6, 6.07) is 6.25. The number of carboxylic acids is 2. The van der Waals surface area contributed by atoms with E-state index in [0.717, 1.165) is 43.0 Å². The lowest BCUT2D eigenvalue weighted by molar-refractivity contribution is -0.159. The standard InChI is InChI=1S/C17H26N2O3.C2H2O4/c1-4-9-19(10-8-18-13(2)20)14-11-15-16(21-3)6-5-7-17(15)22-12-14;3-1(4)2(5)6/h5-7,14H,4,8-12H2,1-3H3,(H,18,20);(H,3,4)(H,5,6). The van der Waals surface area contributed by atoms with Crippen LogP contribution in [0.3, 0.4) is 0 Å². The normalized spacial score (nSPS) is 14.8. The SMILES string of the molecule is CCCN(CCNC(C)=O)C1COc2cccc(OC)c2C1.O=C(O)C(=O)O. The molecule has 1 atom stereocenters. The molecule has 0 saturated heterocycles. The van der Waals surface area contributed by atoms with Crippen LogP contribution in [-0.2, 0) is 20.8 Å². The number of fused-ring (bicyclic) bond motifs is 1. The molecule has 1 amide bonds. The third-order valence-electron chi connectivity index (χ3n) is 4.16. The number of amides is 1. The molecule has 9 heteroatoms. The van der Waals surface area contributed by atoms with Gasteiger partial charge in [0.1, 0.15) is 18.1 Å². The Bertz CT molecular complexity index is 652. The summed E-state index contributed by atoms with van der Waals surface area (Å²) in [4.78, 5) is 31.6. The fourth-order valence-corrected chi connectivity index (χ4v) is 2.93. The smallest absolute Gasteiger partial charge is 0.414 e. The highest BCUT2D eigenvalue weighted by atomic mass is 16.5. The first-order valence-corrected chi connectivity index (χ1v) is 9.03. The van der Waals surface area contributed by atoms with E-state index in [-0.39, 0.29) is 5.91 Å². The van der Waals surface area contributed by atoms with Gasteiger partial charge in [0.15, 0.2) is 0 Å². The molecule has 2 rings (SSSR count). The first-order chi connectivity index (χ1) is 13.3. The predicted molar refractivity (Wildman–Crippen MR) is 102 cm³/mol. The van der Waals surface area contributed by atoms with Gasteiger partial charge in [0.25, 0.3) is 0 Å². The Hall–Kier alpha value is -2.81. The van der Waals surface area contributed by atoms with Gasteiger partial charge < -0.3 is 25.0 Å². The molecule has 0 bridgehead atoms. The molecule has 1 aliphatic heterocycles. The van der Waals surface area contributed by atoms with Crippen molar-refractivity contribution in [3.05, 3.63) is 23.8 Å². The third kappa shape index (κ3) is 7.43. The molecular formula is C19H28N2O7. The fourth-order valence-electron chi connectivity index (χ4n) is 2.93. The first kappa shape index (κ1) is 23.2. The molecule has 156 valence electrons. The summed E-state index contributed by atoms with van der Waals surface area (Å²) in [6.07, 6.45) is 1.99. The van der Waals surface area contributed by atoms with Gasteiger partial charge in [0, 0.05) is 31.6 Å². The number of ether oxygens (including phenoxy) is 2. The molecule has 0 spiro atoms. The zero-order valence-electron chi connectivity index (χ0n) is 16.4. The van der Waals surface area contributed by atoms with Crippen molar-refractivity contribution in [1.82, 2.24) is 10.2 Å². The number of hydrogen-bond donors (Lipinski definition) is 3. The Balaban J connectivity index is 0.000000568. The zero-order valence-corrected chi connectivity index (χ0v) is 16.4. The van der Waals surface area contributed by atoms with E-state index in [1.807, 2.05) is 18.2 Å². The van der Waals surface area contributed by atoms with Crippen molar-refractivity contribution in [3.63, 3.8) is 0 Å². The Morgan fingerprint density at radius 3 is 2.46 bits per heavy atom. The van der Waals surface area contributed by atoms with Crippen LogP contribution in [0.5, 0.6) is 11.5 Å². The summed E-state index contributed by atoms with van der Waals surface area (Å²) in [5.74, 6) is -1.82. The van der Waals surface area contributed by atoms with E-state index < -0.39 is 11.9 Å². The summed E-state index contributed by atoms with van der Waals surface area (Å²) in [6.45, 7) is 6.91.